The second-order valence-electron chi connectivity index (χ2n) is 5.09. The molecule has 23 heavy (non-hydrogen) atoms. The van der Waals surface area contributed by atoms with Gasteiger partial charge in [0.25, 0.3) is 5.91 Å². The lowest BCUT2D eigenvalue weighted by Crippen LogP contribution is -2.25. The van der Waals surface area contributed by atoms with Gasteiger partial charge < -0.3 is 10.1 Å². The van der Waals surface area contributed by atoms with Gasteiger partial charge >= 0.3 is 0 Å². The Kier molecular flexibility index (Phi) is 4.44. The van der Waals surface area contributed by atoms with Crippen molar-refractivity contribution in [1.29, 1.82) is 0 Å². The maximum atomic E-state index is 12.1. The van der Waals surface area contributed by atoms with E-state index in [9.17, 15) is 4.79 Å². The number of halogens is 1. The van der Waals surface area contributed by atoms with E-state index in [1.165, 1.54) is 0 Å². The zero-order valence-electron chi connectivity index (χ0n) is 12.5. The molecule has 4 nitrogen and oxygen atoms in total. The Morgan fingerprint density at radius 3 is 2.74 bits per heavy atom. The van der Waals surface area contributed by atoms with E-state index >= 15 is 0 Å². The van der Waals surface area contributed by atoms with Crippen LogP contribution in [-0.2, 0) is 11.2 Å². The molecule has 1 heterocycles. The van der Waals surface area contributed by atoms with E-state index in [0.29, 0.717) is 28.7 Å². The molecule has 1 aliphatic heterocycles. The molecule has 0 saturated carbocycles. The predicted octanol–water partition coefficient (Wildman–Crippen LogP) is 3.46. The minimum Gasteiger partial charge on any atom is -0.496 e. The Morgan fingerprint density at radius 2 is 2.00 bits per heavy atom. The number of methoxy groups -OCH3 is 1. The summed E-state index contributed by atoms with van der Waals surface area (Å²) >= 11 is 6.01. The van der Waals surface area contributed by atoms with Crippen LogP contribution >= 0.6 is 11.6 Å². The third-order valence-electron chi connectivity index (χ3n) is 3.44. The van der Waals surface area contributed by atoms with Gasteiger partial charge in [-0.25, -0.2) is 4.99 Å². The maximum Gasteiger partial charge on any atom is 0.275 e. The lowest BCUT2D eigenvalue weighted by molar-refractivity contribution is -0.115. The fourth-order valence-electron chi connectivity index (χ4n) is 2.36. The number of nitrogens with zero attached hydrogens (tertiary/aromatic N) is 1. The third-order valence-corrected chi connectivity index (χ3v) is 3.68. The highest BCUT2D eigenvalue weighted by Gasteiger charge is 2.20. The molecule has 3 rings (SSSR count). The molecule has 0 unspecified atom stereocenters. The molecule has 0 aliphatic carbocycles. The van der Waals surface area contributed by atoms with E-state index in [0.717, 1.165) is 11.1 Å². The zero-order valence-corrected chi connectivity index (χ0v) is 13.3. The monoisotopic (exact) mass is 326 g/mol. The summed E-state index contributed by atoms with van der Waals surface area (Å²) in [6, 6.07) is 15.1. The Hall–Kier alpha value is -2.59. The summed E-state index contributed by atoms with van der Waals surface area (Å²) in [7, 11) is 1.57. The van der Waals surface area contributed by atoms with Gasteiger partial charge in [0.2, 0.25) is 0 Å². The Bertz CT molecular complexity index is 798. The first-order valence-electron chi connectivity index (χ1n) is 7.14. The number of hydrogen-bond donors (Lipinski definition) is 1. The molecular formula is C18H15ClN2O2. The molecule has 1 aliphatic rings. The van der Waals surface area contributed by atoms with Gasteiger partial charge in [0.15, 0.2) is 0 Å². The Labute approximate surface area is 139 Å². The van der Waals surface area contributed by atoms with Gasteiger partial charge in [-0.15, -0.1) is 0 Å². The number of carbonyl (C=O) groups excluding carboxylic acids is 1. The first kappa shape index (κ1) is 15.3. The number of amides is 1. The summed E-state index contributed by atoms with van der Waals surface area (Å²) in [4.78, 5) is 16.5. The van der Waals surface area contributed by atoms with Crippen LogP contribution in [0.4, 0.5) is 0 Å². The van der Waals surface area contributed by atoms with Crippen LogP contribution in [0.1, 0.15) is 11.1 Å². The van der Waals surface area contributed by atoms with Crippen LogP contribution in [0, 0.1) is 0 Å². The molecule has 0 bridgehead atoms. The van der Waals surface area contributed by atoms with Gasteiger partial charge in [-0.2, -0.15) is 0 Å². The molecule has 0 aromatic heterocycles. The fourth-order valence-corrected chi connectivity index (χ4v) is 2.54. The van der Waals surface area contributed by atoms with Crippen molar-refractivity contribution < 1.29 is 9.53 Å². The van der Waals surface area contributed by atoms with E-state index in [4.69, 9.17) is 16.3 Å². The van der Waals surface area contributed by atoms with E-state index in [-0.39, 0.29) is 5.91 Å². The van der Waals surface area contributed by atoms with Crippen molar-refractivity contribution in [2.24, 2.45) is 4.99 Å². The van der Waals surface area contributed by atoms with Gasteiger partial charge in [-0.05, 0) is 29.8 Å². The molecule has 2 aromatic rings. The summed E-state index contributed by atoms with van der Waals surface area (Å²) < 4.78 is 5.28. The largest absolute Gasteiger partial charge is 0.496 e. The lowest BCUT2D eigenvalue weighted by atomic mass is 10.1. The van der Waals surface area contributed by atoms with Gasteiger partial charge in [0, 0.05) is 17.0 Å². The summed E-state index contributed by atoms with van der Waals surface area (Å²) in [5, 5.41) is 3.37. The van der Waals surface area contributed by atoms with Crippen molar-refractivity contribution in [3.8, 4) is 5.75 Å². The van der Waals surface area contributed by atoms with Gasteiger partial charge in [0.1, 0.15) is 17.3 Å². The highest BCUT2D eigenvalue weighted by atomic mass is 35.5. The molecule has 2 aromatic carbocycles. The van der Waals surface area contributed by atoms with Crippen molar-refractivity contribution in [2.45, 2.75) is 6.42 Å². The van der Waals surface area contributed by atoms with Gasteiger partial charge in [-0.1, -0.05) is 41.9 Å². The average molecular weight is 327 g/mol. The second kappa shape index (κ2) is 6.67. The highest BCUT2D eigenvalue weighted by molar-refractivity contribution is 6.30. The van der Waals surface area contributed by atoms with Crippen LogP contribution in [0.25, 0.3) is 6.08 Å². The molecular weight excluding hydrogens is 312 g/mol. The number of hydrogen-bond acceptors (Lipinski definition) is 3. The molecule has 0 fully saturated rings. The molecule has 1 N–H and O–H groups in total. The molecule has 0 atom stereocenters. The molecule has 0 saturated heterocycles. The lowest BCUT2D eigenvalue weighted by Gasteiger charge is -2.05. The topological polar surface area (TPSA) is 50.7 Å². The van der Waals surface area contributed by atoms with E-state index < -0.39 is 0 Å². The molecule has 0 radical (unpaired) electrons. The summed E-state index contributed by atoms with van der Waals surface area (Å²) in [6.07, 6.45) is 2.26. The molecule has 5 heteroatoms. The Balaban J connectivity index is 1.88. The summed E-state index contributed by atoms with van der Waals surface area (Å²) in [5.41, 5.74) is 2.15. The van der Waals surface area contributed by atoms with Crippen molar-refractivity contribution in [1.82, 2.24) is 5.32 Å². The van der Waals surface area contributed by atoms with E-state index in [1.807, 2.05) is 30.3 Å². The zero-order chi connectivity index (χ0) is 16.2. The summed E-state index contributed by atoms with van der Waals surface area (Å²) in [6.45, 7) is 0. The number of nitrogens with one attached hydrogen (secondary N) is 1. The molecule has 0 spiro atoms. The number of aliphatic imine (C=N–C) groups is 1. The van der Waals surface area contributed by atoms with Crippen LogP contribution in [0.5, 0.6) is 5.75 Å². The van der Waals surface area contributed by atoms with Crippen LogP contribution in [0.3, 0.4) is 0 Å². The van der Waals surface area contributed by atoms with Crippen LogP contribution in [0.15, 0.2) is 59.2 Å². The SMILES string of the molecule is COc1ccc(Cl)cc1/C=C1/N=C(Cc2ccccc2)NC1=O. The molecule has 116 valence electrons. The number of carbonyl (C=O) groups is 1. The first-order valence-corrected chi connectivity index (χ1v) is 7.51. The maximum absolute atomic E-state index is 12.1. The third kappa shape index (κ3) is 3.60. The normalized spacial score (nSPS) is 15.5. The number of amidine groups is 1. The van der Waals surface area contributed by atoms with Crippen molar-refractivity contribution in [3.05, 3.63) is 70.4 Å². The minimum absolute atomic E-state index is 0.224. The standard InChI is InChI=1S/C18H15ClN2O2/c1-23-16-8-7-14(19)10-13(16)11-15-18(22)21-17(20-15)9-12-5-3-2-4-6-12/h2-8,10-11H,9H2,1H3,(H,20,21,22)/b15-11+. The number of ether oxygens (including phenoxy) is 1. The van der Waals surface area contributed by atoms with E-state index in [1.54, 1.807) is 31.4 Å². The first-order chi connectivity index (χ1) is 11.2. The van der Waals surface area contributed by atoms with Crippen molar-refractivity contribution in [2.75, 3.05) is 7.11 Å². The average Bonchev–Trinajstić information content (AvgIpc) is 2.88. The van der Waals surface area contributed by atoms with Crippen LogP contribution in [-0.4, -0.2) is 18.9 Å². The Morgan fingerprint density at radius 1 is 1.22 bits per heavy atom. The van der Waals surface area contributed by atoms with Crippen LogP contribution in [0.2, 0.25) is 5.02 Å². The van der Waals surface area contributed by atoms with E-state index in [2.05, 4.69) is 10.3 Å². The van der Waals surface area contributed by atoms with Crippen molar-refractivity contribution in [3.63, 3.8) is 0 Å². The quantitative estimate of drug-likeness (QED) is 0.875. The minimum atomic E-state index is -0.224. The van der Waals surface area contributed by atoms with Gasteiger partial charge in [0.05, 0.1) is 7.11 Å². The number of rotatable bonds is 4. The molecule has 1 amide bonds. The highest BCUT2D eigenvalue weighted by Crippen LogP contribution is 2.26. The van der Waals surface area contributed by atoms with Crippen molar-refractivity contribution >= 4 is 29.4 Å². The predicted molar refractivity (Wildman–Crippen MR) is 91.7 cm³/mol. The summed E-state index contributed by atoms with van der Waals surface area (Å²) in [5.74, 6) is 1.05. The van der Waals surface area contributed by atoms with Crippen LogP contribution < -0.4 is 10.1 Å². The smallest absolute Gasteiger partial charge is 0.275 e. The second-order valence-corrected chi connectivity index (χ2v) is 5.53. The number of benzene rings is 2. The fraction of sp³-hybridized carbons (Fsp3) is 0.111. The van der Waals surface area contributed by atoms with Gasteiger partial charge in [-0.3, -0.25) is 4.79 Å².